The average Bonchev–Trinajstić information content (AvgIpc) is 3.22. The number of hydrogen-bond acceptors (Lipinski definition) is 3. The summed E-state index contributed by atoms with van der Waals surface area (Å²) in [5.41, 5.74) is 6.25. The van der Waals surface area contributed by atoms with E-state index in [1.54, 1.807) is 6.20 Å². The number of hydrogen-bond donors (Lipinski definition) is 1. The second-order valence-electron chi connectivity index (χ2n) is 7.23. The molecular weight excluding hydrogens is 372 g/mol. The maximum Gasteiger partial charge on any atom is 0.256 e. The van der Waals surface area contributed by atoms with Crippen LogP contribution >= 0.6 is 0 Å². The molecule has 2 aromatic carbocycles. The monoisotopic (exact) mass is 398 g/mol. The molecule has 1 N–H and O–H groups in total. The third kappa shape index (κ3) is 3.59. The lowest BCUT2D eigenvalue weighted by Gasteiger charge is -2.15. The summed E-state index contributed by atoms with van der Waals surface area (Å²) >= 11 is 0. The predicted octanol–water partition coefficient (Wildman–Crippen LogP) is 5.50. The SMILES string of the molecule is CCc1cccc(CC)c1NC(=O)c1cc(-c2ccccc2)nc2c1cnn2CC. The fourth-order valence-electron chi connectivity index (χ4n) is 3.81. The number of benzene rings is 2. The molecule has 1 amide bonds. The average molecular weight is 399 g/mol. The van der Waals surface area contributed by atoms with Gasteiger partial charge in [0.2, 0.25) is 0 Å². The summed E-state index contributed by atoms with van der Waals surface area (Å²) in [5.74, 6) is -0.133. The van der Waals surface area contributed by atoms with E-state index < -0.39 is 0 Å². The normalized spacial score (nSPS) is 11.0. The Labute approximate surface area is 176 Å². The highest BCUT2D eigenvalue weighted by molar-refractivity contribution is 6.13. The van der Waals surface area contributed by atoms with Crippen LogP contribution in [0.25, 0.3) is 22.3 Å². The minimum absolute atomic E-state index is 0.133. The molecule has 0 fully saturated rings. The van der Waals surface area contributed by atoms with Gasteiger partial charge in [0.25, 0.3) is 5.91 Å². The molecule has 152 valence electrons. The summed E-state index contributed by atoms with van der Waals surface area (Å²) in [5, 5.41) is 8.40. The maximum atomic E-state index is 13.5. The van der Waals surface area contributed by atoms with Gasteiger partial charge >= 0.3 is 0 Å². The minimum atomic E-state index is -0.133. The molecule has 5 nitrogen and oxygen atoms in total. The van der Waals surface area contributed by atoms with Gasteiger partial charge in [-0.15, -0.1) is 0 Å². The van der Waals surface area contributed by atoms with E-state index in [9.17, 15) is 4.79 Å². The molecule has 2 aromatic heterocycles. The van der Waals surface area contributed by atoms with Crippen LogP contribution in [0.4, 0.5) is 5.69 Å². The Hall–Kier alpha value is -3.47. The number of pyridine rings is 1. The maximum absolute atomic E-state index is 13.5. The van der Waals surface area contributed by atoms with Gasteiger partial charge in [-0.1, -0.05) is 62.4 Å². The van der Waals surface area contributed by atoms with E-state index in [0.29, 0.717) is 12.1 Å². The molecule has 0 bridgehead atoms. The van der Waals surface area contributed by atoms with E-state index in [1.165, 1.54) is 0 Å². The Morgan fingerprint density at radius 1 is 0.967 bits per heavy atom. The van der Waals surface area contributed by atoms with Crippen molar-refractivity contribution >= 4 is 22.6 Å². The van der Waals surface area contributed by atoms with Gasteiger partial charge in [0.15, 0.2) is 5.65 Å². The number of nitrogens with zero attached hydrogens (tertiary/aromatic N) is 3. The Balaban J connectivity index is 1.84. The summed E-state index contributed by atoms with van der Waals surface area (Å²) in [6, 6.07) is 18.0. The molecule has 0 aliphatic carbocycles. The van der Waals surface area contributed by atoms with Crippen LogP contribution in [0.15, 0.2) is 60.8 Å². The zero-order chi connectivity index (χ0) is 21.1. The van der Waals surface area contributed by atoms with E-state index in [4.69, 9.17) is 4.98 Å². The van der Waals surface area contributed by atoms with Crippen LogP contribution < -0.4 is 5.32 Å². The van der Waals surface area contributed by atoms with Crippen molar-refractivity contribution in [1.82, 2.24) is 14.8 Å². The number of para-hydroxylation sites is 1. The number of rotatable bonds is 6. The topological polar surface area (TPSA) is 59.8 Å². The van der Waals surface area contributed by atoms with Gasteiger partial charge < -0.3 is 5.32 Å². The summed E-state index contributed by atoms with van der Waals surface area (Å²) in [4.78, 5) is 18.3. The van der Waals surface area contributed by atoms with Gasteiger partial charge in [-0.3, -0.25) is 4.79 Å². The molecule has 4 rings (SSSR count). The Bertz CT molecular complexity index is 1170. The molecule has 0 unspecified atom stereocenters. The highest BCUT2D eigenvalue weighted by Crippen LogP contribution is 2.28. The molecular formula is C25H26N4O. The number of carbonyl (C=O) groups excluding carboxylic acids is 1. The van der Waals surface area contributed by atoms with E-state index in [1.807, 2.05) is 48.0 Å². The van der Waals surface area contributed by atoms with Crippen molar-refractivity contribution in [2.45, 2.75) is 40.2 Å². The van der Waals surface area contributed by atoms with Gasteiger partial charge in [0, 0.05) is 17.8 Å². The number of amides is 1. The first-order valence-electron chi connectivity index (χ1n) is 10.5. The van der Waals surface area contributed by atoms with Crippen molar-refractivity contribution < 1.29 is 4.79 Å². The molecule has 0 saturated carbocycles. The van der Waals surface area contributed by atoms with Gasteiger partial charge in [-0.25, -0.2) is 9.67 Å². The van der Waals surface area contributed by atoms with Crippen molar-refractivity contribution in [1.29, 1.82) is 0 Å². The van der Waals surface area contributed by atoms with Crippen LogP contribution in [-0.2, 0) is 19.4 Å². The molecule has 5 heteroatoms. The number of aryl methyl sites for hydroxylation is 3. The standard InChI is InChI=1S/C25H26N4O/c1-4-17-13-10-14-18(5-2)23(17)28-25(30)20-15-22(19-11-8-7-9-12-19)27-24-21(20)16-26-29(24)6-3/h7-16H,4-6H2,1-3H3,(H,28,30). The largest absolute Gasteiger partial charge is 0.321 e. The van der Waals surface area contributed by atoms with Crippen molar-refractivity contribution in [2.24, 2.45) is 0 Å². The highest BCUT2D eigenvalue weighted by atomic mass is 16.1. The van der Waals surface area contributed by atoms with E-state index in [2.05, 4.69) is 42.5 Å². The van der Waals surface area contributed by atoms with Gasteiger partial charge in [-0.05, 0) is 37.0 Å². The molecule has 0 aliphatic heterocycles. The zero-order valence-electron chi connectivity index (χ0n) is 17.6. The molecule has 4 aromatic rings. The molecule has 0 aliphatic rings. The van der Waals surface area contributed by atoms with E-state index >= 15 is 0 Å². The fraction of sp³-hybridized carbons (Fsp3) is 0.240. The molecule has 0 atom stereocenters. The minimum Gasteiger partial charge on any atom is -0.321 e. The Kier molecular flexibility index (Phi) is 5.61. The summed E-state index contributed by atoms with van der Waals surface area (Å²) in [6.45, 7) is 6.92. The number of carbonyl (C=O) groups is 1. The summed E-state index contributed by atoms with van der Waals surface area (Å²) in [7, 11) is 0. The first-order chi connectivity index (χ1) is 14.7. The van der Waals surface area contributed by atoms with Crippen LogP contribution in [0.5, 0.6) is 0 Å². The Morgan fingerprint density at radius 2 is 1.67 bits per heavy atom. The third-order valence-corrected chi connectivity index (χ3v) is 5.46. The van der Waals surface area contributed by atoms with Crippen LogP contribution in [0.2, 0.25) is 0 Å². The van der Waals surface area contributed by atoms with Gasteiger partial charge in [-0.2, -0.15) is 5.10 Å². The van der Waals surface area contributed by atoms with Crippen molar-refractivity contribution in [2.75, 3.05) is 5.32 Å². The Morgan fingerprint density at radius 3 is 2.30 bits per heavy atom. The zero-order valence-corrected chi connectivity index (χ0v) is 17.6. The second kappa shape index (κ2) is 8.49. The van der Waals surface area contributed by atoms with Crippen molar-refractivity contribution in [3.63, 3.8) is 0 Å². The lowest BCUT2D eigenvalue weighted by molar-refractivity contribution is 0.102. The van der Waals surface area contributed by atoms with Crippen LogP contribution in [-0.4, -0.2) is 20.7 Å². The van der Waals surface area contributed by atoms with Gasteiger partial charge in [0.05, 0.1) is 22.8 Å². The lowest BCUT2D eigenvalue weighted by Crippen LogP contribution is -2.16. The van der Waals surface area contributed by atoms with E-state index in [0.717, 1.165) is 51.9 Å². The van der Waals surface area contributed by atoms with Crippen molar-refractivity contribution in [3.05, 3.63) is 77.5 Å². The third-order valence-electron chi connectivity index (χ3n) is 5.46. The molecule has 0 spiro atoms. The first-order valence-corrected chi connectivity index (χ1v) is 10.5. The summed E-state index contributed by atoms with van der Waals surface area (Å²) < 4.78 is 1.83. The number of aromatic nitrogens is 3. The van der Waals surface area contributed by atoms with Crippen LogP contribution in [0.1, 0.15) is 42.3 Å². The molecule has 0 radical (unpaired) electrons. The van der Waals surface area contributed by atoms with Crippen LogP contribution in [0.3, 0.4) is 0 Å². The number of fused-ring (bicyclic) bond motifs is 1. The van der Waals surface area contributed by atoms with E-state index in [-0.39, 0.29) is 5.91 Å². The quantitative estimate of drug-likeness (QED) is 0.467. The predicted molar refractivity (Wildman–Crippen MR) is 122 cm³/mol. The second-order valence-corrected chi connectivity index (χ2v) is 7.23. The number of nitrogens with one attached hydrogen (secondary N) is 1. The number of anilines is 1. The lowest BCUT2D eigenvalue weighted by atomic mass is 10.0. The van der Waals surface area contributed by atoms with Crippen LogP contribution in [0, 0.1) is 0 Å². The molecule has 0 saturated heterocycles. The smallest absolute Gasteiger partial charge is 0.256 e. The summed E-state index contributed by atoms with van der Waals surface area (Å²) in [6.07, 6.45) is 3.46. The highest BCUT2D eigenvalue weighted by Gasteiger charge is 2.19. The molecule has 30 heavy (non-hydrogen) atoms. The fourth-order valence-corrected chi connectivity index (χ4v) is 3.81. The first kappa shape index (κ1) is 19.8. The van der Waals surface area contributed by atoms with Gasteiger partial charge in [0.1, 0.15) is 0 Å². The molecule has 2 heterocycles. The van der Waals surface area contributed by atoms with Crippen molar-refractivity contribution in [3.8, 4) is 11.3 Å².